The van der Waals surface area contributed by atoms with Gasteiger partial charge in [-0.2, -0.15) is 0 Å². The Balaban J connectivity index is 2.04. The molecule has 6 nitrogen and oxygen atoms in total. The van der Waals surface area contributed by atoms with Gasteiger partial charge in [0, 0.05) is 6.54 Å². The number of rotatable bonds is 9. The largest absolute Gasteiger partial charge is 0.494 e. The zero-order valence-electron chi connectivity index (χ0n) is 15.9. The molecule has 0 unspecified atom stereocenters. The highest BCUT2D eigenvalue weighted by molar-refractivity contribution is 7.92. The molecule has 7 heteroatoms. The number of sulfonamides is 1. The normalized spacial score (nSPS) is 11.1. The van der Waals surface area contributed by atoms with E-state index in [1.54, 1.807) is 24.3 Å². The van der Waals surface area contributed by atoms with Crippen molar-refractivity contribution in [1.29, 1.82) is 0 Å². The monoisotopic (exact) mass is 390 g/mol. The molecule has 0 heterocycles. The molecule has 0 aliphatic heterocycles. The van der Waals surface area contributed by atoms with E-state index >= 15 is 0 Å². The van der Waals surface area contributed by atoms with Crippen molar-refractivity contribution in [2.45, 2.75) is 26.8 Å². The lowest BCUT2D eigenvalue weighted by Crippen LogP contribution is -2.40. The van der Waals surface area contributed by atoms with Crippen molar-refractivity contribution in [2.75, 3.05) is 23.7 Å². The summed E-state index contributed by atoms with van der Waals surface area (Å²) < 4.78 is 30.9. The van der Waals surface area contributed by atoms with Crippen LogP contribution in [-0.4, -0.2) is 33.7 Å². The summed E-state index contributed by atoms with van der Waals surface area (Å²) in [5.41, 5.74) is 2.49. The average molecular weight is 391 g/mol. The molecule has 1 N–H and O–H groups in total. The average Bonchev–Trinajstić information content (AvgIpc) is 2.62. The number of amides is 1. The third-order valence-electron chi connectivity index (χ3n) is 3.86. The lowest BCUT2D eigenvalue weighted by Gasteiger charge is -2.22. The number of carbonyl (C=O) groups excluding carboxylic acids is 1. The van der Waals surface area contributed by atoms with Crippen molar-refractivity contribution < 1.29 is 17.9 Å². The van der Waals surface area contributed by atoms with Crippen molar-refractivity contribution >= 4 is 21.6 Å². The van der Waals surface area contributed by atoms with Gasteiger partial charge in [0.25, 0.3) is 0 Å². The molecule has 0 saturated carbocycles. The van der Waals surface area contributed by atoms with Crippen LogP contribution in [0.2, 0.25) is 0 Å². The van der Waals surface area contributed by atoms with Gasteiger partial charge < -0.3 is 10.1 Å². The summed E-state index contributed by atoms with van der Waals surface area (Å²) in [7, 11) is -3.60. The van der Waals surface area contributed by atoms with Crippen molar-refractivity contribution in [3.05, 3.63) is 59.7 Å². The van der Waals surface area contributed by atoms with Crippen LogP contribution < -0.4 is 14.4 Å². The lowest BCUT2D eigenvalue weighted by molar-refractivity contribution is -0.119. The van der Waals surface area contributed by atoms with Crippen LogP contribution in [0.3, 0.4) is 0 Å². The molecule has 0 fully saturated rings. The van der Waals surface area contributed by atoms with Gasteiger partial charge in [-0.15, -0.1) is 0 Å². The van der Waals surface area contributed by atoms with Crippen LogP contribution in [0.5, 0.6) is 5.75 Å². The van der Waals surface area contributed by atoms with E-state index in [0.717, 1.165) is 28.1 Å². The number of ether oxygens (including phenoxy) is 1. The molecule has 1 amide bonds. The molecule has 0 bridgehead atoms. The van der Waals surface area contributed by atoms with Crippen LogP contribution in [0, 0.1) is 6.92 Å². The fraction of sp³-hybridized carbons (Fsp3) is 0.350. The smallest absolute Gasteiger partial charge is 0.241 e. The summed E-state index contributed by atoms with van der Waals surface area (Å²) in [5, 5.41) is 2.77. The standard InChI is InChI=1S/C20H26N2O4S/c1-4-12-26-19-10-8-18(9-11-19)22(27(3,24)25)15-20(23)21-14-17-7-5-6-16(2)13-17/h5-11,13H,4,12,14-15H2,1-3H3,(H,21,23). The second-order valence-corrected chi connectivity index (χ2v) is 8.28. The van der Waals surface area contributed by atoms with Gasteiger partial charge in [0.2, 0.25) is 15.9 Å². The lowest BCUT2D eigenvalue weighted by atomic mass is 10.1. The Hall–Kier alpha value is -2.54. The Morgan fingerprint density at radius 1 is 1.15 bits per heavy atom. The first-order valence-corrected chi connectivity index (χ1v) is 10.7. The minimum absolute atomic E-state index is 0.278. The Morgan fingerprint density at radius 2 is 1.85 bits per heavy atom. The SMILES string of the molecule is CCCOc1ccc(N(CC(=O)NCc2cccc(C)c2)S(C)(=O)=O)cc1. The van der Waals surface area contributed by atoms with Crippen LogP contribution in [0.1, 0.15) is 24.5 Å². The summed E-state index contributed by atoms with van der Waals surface area (Å²) in [6.45, 7) is 4.65. The van der Waals surface area contributed by atoms with Crippen molar-refractivity contribution in [3.63, 3.8) is 0 Å². The molecule has 2 aromatic carbocycles. The van der Waals surface area contributed by atoms with Crippen LogP contribution in [0.25, 0.3) is 0 Å². The fourth-order valence-electron chi connectivity index (χ4n) is 2.54. The van der Waals surface area contributed by atoms with E-state index in [0.29, 0.717) is 24.6 Å². The number of carbonyl (C=O) groups is 1. The van der Waals surface area contributed by atoms with Gasteiger partial charge in [0.05, 0.1) is 18.6 Å². The maximum atomic E-state index is 12.3. The summed E-state index contributed by atoms with van der Waals surface area (Å²) >= 11 is 0. The molecule has 2 aromatic rings. The molecule has 2 rings (SSSR count). The Morgan fingerprint density at radius 3 is 2.44 bits per heavy atom. The number of hydrogen-bond acceptors (Lipinski definition) is 4. The van der Waals surface area contributed by atoms with Gasteiger partial charge in [-0.05, 0) is 43.2 Å². The molecule has 0 radical (unpaired) electrons. The zero-order chi connectivity index (χ0) is 19.9. The van der Waals surface area contributed by atoms with E-state index in [1.807, 2.05) is 38.1 Å². The van der Waals surface area contributed by atoms with E-state index < -0.39 is 10.0 Å². The zero-order valence-corrected chi connectivity index (χ0v) is 16.8. The molecule has 0 saturated heterocycles. The van der Waals surface area contributed by atoms with Crippen molar-refractivity contribution in [1.82, 2.24) is 5.32 Å². The predicted octanol–water partition coefficient (Wildman–Crippen LogP) is 2.87. The van der Waals surface area contributed by atoms with Crippen LogP contribution in [0.15, 0.2) is 48.5 Å². The van der Waals surface area contributed by atoms with Gasteiger partial charge in [-0.3, -0.25) is 9.10 Å². The predicted molar refractivity (Wildman–Crippen MR) is 107 cm³/mol. The Kier molecular flexibility index (Phi) is 7.24. The first-order valence-electron chi connectivity index (χ1n) is 8.82. The maximum absolute atomic E-state index is 12.3. The van der Waals surface area contributed by atoms with Crippen LogP contribution >= 0.6 is 0 Å². The first kappa shape index (κ1) is 20.8. The fourth-order valence-corrected chi connectivity index (χ4v) is 3.39. The number of benzene rings is 2. The molecule has 0 aromatic heterocycles. The maximum Gasteiger partial charge on any atom is 0.241 e. The Bertz CT molecular complexity index is 864. The van der Waals surface area contributed by atoms with Crippen molar-refractivity contribution in [2.24, 2.45) is 0 Å². The molecule has 146 valence electrons. The van der Waals surface area contributed by atoms with E-state index in [4.69, 9.17) is 4.74 Å². The van der Waals surface area contributed by atoms with E-state index in [-0.39, 0.29) is 12.5 Å². The second kappa shape index (κ2) is 9.41. The highest BCUT2D eigenvalue weighted by Gasteiger charge is 2.20. The molecule has 0 aliphatic rings. The summed E-state index contributed by atoms with van der Waals surface area (Å²) in [6, 6.07) is 14.5. The van der Waals surface area contributed by atoms with Crippen molar-refractivity contribution in [3.8, 4) is 5.75 Å². The summed E-state index contributed by atoms with van der Waals surface area (Å²) in [6.07, 6.45) is 1.97. The highest BCUT2D eigenvalue weighted by Crippen LogP contribution is 2.21. The molecule has 0 atom stereocenters. The molecule has 0 spiro atoms. The van der Waals surface area contributed by atoms with Crippen LogP contribution in [-0.2, 0) is 21.4 Å². The van der Waals surface area contributed by atoms with E-state index in [1.165, 1.54) is 0 Å². The highest BCUT2D eigenvalue weighted by atomic mass is 32.2. The molecular formula is C20H26N2O4S. The number of nitrogens with zero attached hydrogens (tertiary/aromatic N) is 1. The molecular weight excluding hydrogens is 364 g/mol. The quantitative estimate of drug-likeness (QED) is 0.714. The first-order chi connectivity index (χ1) is 12.8. The minimum atomic E-state index is -3.60. The van der Waals surface area contributed by atoms with Crippen LogP contribution in [0.4, 0.5) is 5.69 Å². The molecule has 27 heavy (non-hydrogen) atoms. The minimum Gasteiger partial charge on any atom is -0.494 e. The van der Waals surface area contributed by atoms with E-state index in [9.17, 15) is 13.2 Å². The third-order valence-corrected chi connectivity index (χ3v) is 5.00. The number of aryl methyl sites for hydroxylation is 1. The summed E-state index contributed by atoms with van der Waals surface area (Å²) in [4.78, 5) is 12.3. The summed E-state index contributed by atoms with van der Waals surface area (Å²) in [5.74, 6) is 0.297. The number of anilines is 1. The second-order valence-electron chi connectivity index (χ2n) is 6.38. The Labute approximate surface area is 161 Å². The third kappa shape index (κ3) is 6.60. The number of nitrogens with one attached hydrogen (secondary N) is 1. The van der Waals surface area contributed by atoms with E-state index in [2.05, 4.69) is 5.32 Å². The van der Waals surface area contributed by atoms with Gasteiger partial charge in [0.15, 0.2) is 0 Å². The topological polar surface area (TPSA) is 75.7 Å². The van der Waals surface area contributed by atoms with Gasteiger partial charge in [-0.25, -0.2) is 8.42 Å². The van der Waals surface area contributed by atoms with Gasteiger partial charge >= 0.3 is 0 Å². The van der Waals surface area contributed by atoms with Gasteiger partial charge in [-0.1, -0.05) is 36.8 Å². The molecule has 0 aliphatic carbocycles. The number of hydrogen-bond donors (Lipinski definition) is 1. The van der Waals surface area contributed by atoms with Gasteiger partial charge in [0.1, 0.15) is 12.3 Å².